The molecule has 0 aromatic heterocycles. The average molecular weight is 246 g/mol. The monoisotopic (exact) mass is 246 g/mol. The number of nitrogens with one attached hydrogen (secondary N) is 1. The fraction of sp³-hybridized carbons (Fsp3) is 0.700. The number of amides is 2. The summed E-state index contributed by atoms with van der Waals surface area (Å²) >= 11 is 0. The molecule has 0 bridgehead atoms. The van der Waals surface area contributed by atoms with Crippen LogP contribution in [0.25, 0.3) is 0 Å². The number of carbonyl (C=O) groups excluding carboxylic acids is 2. The minimum absolute atomic E-state index is 0.223. The second kappa shape index (κ2) is 6.72. The van der Waals surface area contributed by atoms with Crippen LogP contribution >= 0.6 is 0 Å². The van der Waals surface area contributed by atoms with Gasteiger partial charge in [0, 0.05) is 7.05 Å². The lowest BCUT2D eigenvalue weighted by molar-refractivity contribution is -0.144. The predicted octanol–water partition coefficient (Wildman–Crippen LogP) is 0.0525. The largest absolute Gasteiger partial charge is 0.480 e. The molecule has 0 aromatic rings. The maximum absolute atomic E-state index is 11.6. The predicted molar refractivity (Wildman–Crippen MR) is 59.5 cm³/mol. The first kappa shape index (κ1) is 15.2. The summed E-state index contributed by atoms with van der Waals surface area (Å²) in [5, 5.41) is 11.1. The van der Waals surface area contributed by atoms with Gasteiger partial charge in [-0.05, 0) is 20.8 Å². The molecule has 0 aromatic carbocycles. The van der Waals surface area contributed by atoms with Crippen LogP contribution in [-0.2, 0) is 14.3 Å². The van der Waals surface area contributed by atoms with E-state index in [4.69, 9.17) is 9.84 Å². The van der Waals surface area contributed by atoms with Crippen molar-refractivity contribution in [2.24, 2.45) is 0 Å². The van der Waals surface area contributed by atoms with E-state index in [-0.39, 0.29) is 6.61 Å². The summed E-state index contributed by atoms with van der Waals surface area (Å²) in [6.07, 6.45) is 0. The summed E-state index contributed by atoms with van der Waals surface area (Å²) in [6.45, 7) is 4.72. The van der Waals surface area contributed by atoms with Crippen LogP contribution in [0.5, 0.6) is 0 Å². The number of urea groups is 1. The minimum atomic E-state index is -1.12. The molecular weight excluding hydrogens is 228 g/mol. The molecule has 0 spiro atoms. The van der Waals surface area contributed by atoms with Gasteiger partial charge < -0.3 is 20.1 Å². The van der Waals surface area contributed by atoms with Crippen LogP contribution in [0.1, 0.15) is 20.8 Å². The van der Waals surface area contributed by atoms with Crippen molar-refractivity contribution in [3.63, 3.8) is 0 Å². The van der Waals surface area contributed by atoms with Crippen molar-refractivity contribution in [3.8, 4) is 0 Å². The highest BCUT2D eigenvalue weighted by molar-refractivity contribution is 5.86. The van der Waals surface area contributed by atoms with Gasteiger partial charge in [0.15, 0.2) is 0 Å². The maximum atomic E-state index is 11.6. The van der Waals surface area contributed by atoms with Gasteiger partial charge in [0.2, 0.25) is 0 Å². The van der Waals surface area contributed by atoms with E-state index in [0.717, 1.165) is 4.90 Å². The van der Waals surface area contributed by atoms with E-state index >= 15 is 0 Å². The van der Waals surface area contributed by atoms with Gasteiger partial charge in [0.1, 0.15) is 12.1 Å². The molecule has 2 atom stereocenters. The number of rotatable bonds is 5. The zero-order valence-electron chi connectivity index (χ0n) is 10.4. The molecule has 0 heterocycles. The first-order valence-electron chi connectivity index (χ1n) is 5.24. The van der Waals surface area contributed by atoms with Crippen LogP contribution in [0.2, 0.25) is 0 Å². The van der Waals surface area contributed by atoms with Crippen molar-refractivity contribution in [2.75, 3.05) is 13.7 Å². The first-order chi connectivity index (χ1) is 7.81. The summed E-state index contributed by atoms with van der Waals surface area (Å²) in [6, 6.07) is -2.42. The highest BCUT2D eigenvalue weighted by Gasteiger charge is 2.24. The van der Waals surface area contributed by atoms with Crippen molar-refractivity contribution in [3.05, 3.63) is 0 Å². The molecule has 2 amide bonds. The second-order valence-electron chi connectivity index (χ2n) is 3.55. The van der Waals surface area contributed by atoms with Gasteiger partial charge in [-0.1, -0.05) is 0 Å². The molecule has 0 rings (SSSR count). The lowest BCUT2D eigenvalue weighted by Gasteiger charge is -2.23. The number of carbonyl (C=O) groups is 3. The van der Waals surface area contributed by atoms with Crippen molar-refractivity contribution < 1.29 is 24.2 Å². The van der Waals surface area contributed by atoms with Crippen molar-refractivity contribution >= 4 is 18.0 Å². The first-order valence-corrected chi connectivity index (χ1v) is 5.24. The van der Waals surface area contributed by atoms with Gasteiger partial charge in [-0.3, -0.25) is 0 Å². The van der Waals surface area contributed by atoms with Gasteiger partial charge >= 0.3 is 18.0 Å². The molecule has 0 radical (unpaired) electrons. The van der Waals surface area contributed by atoms with Crippen LogP contribution in [0.15, 0.2) is 0 Å². The van der Waals surface area contributed by atoms with Crippen LogP contribution in [0.4, 0.5) is 4.79 Å². The standard InChI is InChI=1S/C10H18N2O5/c1-5-17-9(15)6(2)11-10(16)12(4)7(3)8(13)14/h6-7H,5H2,1-4H3,(H,11,16)(H,13,14). The Balaban J connectivity index is 4.34. The number of likely N-dealkylation sites (N-methyl/N-ethyl adjacent to an activating group) is 1. The van der Waals surface area contributed by atoms with E-state index in [1.165, 1.54) is 20.9 Å². The van der Waals surface area contributed by atoms with Crippen molar-refractivity contribution in [1.29, 1.82) is 0 Å². The molecule has 0 saturated carbocycles. The Hall–Kier alpha value is -1.79. The number of esters is 1. The zero-order valence-corrected chi connectivity index (χ0v) is 10.4. The maximum Gasteiger partial charge on any atom is 0.328 e. The van der Waals surface area contributed by atoms with Gasteiger partial charge in [-0.25, -0.2) is 14.4 Å². The van der Waals surface area contributed by atoms with Crippen LogP contribution in [0, 0.1) is 0 Å². The number of carboxylic acids is 1. The Morgan fingerprint density at radius 2 is 1.88 bits per heavy atom. The summed E-state index contributed by atoms with van der Waals surface area (Å²) in [7, 11) is 1.34. The van der Waals surface area contributed by atoms with Gasteiger partial charge in [0.05, 0.1) is 6.61 Å². The zero-order chi connectivity index (χ0) is 13.6. The van der Waals surface area contributed by atoms with Gasteiger partial charge in [-0.2, -0.15) is 0 Å². The highest BCUT2D eigenvalue weighted by atomic mass is 16.5. The normalized spacial score (nSPS) is 13.4. The van der Waals surface area contributed by atoms with E-state index < -0.39 is 30.1 Å². The van der Waals surface area contributed by atoms with E-state index in [1.807, 2.05) is 0 Å². The third kappa shape index (κ3) is 4.71. The lowest BCUT2D eigenvalue weighted by Crippen LogP contribution is -2.50. The Morgan fingerprint density at radius 3 is 2.29 bits per heavy atom. The molecular formula is C10H18N2O5. The van der Waals surface area contributed by atoms with Crippen molar-refractivity contribution in [2.45, 2.75) is 32.9 Å². The van der Waals surface area contributed by atoms with Crippen LogP contribution in [0.3, 0.4) is 0 Å². The minimum Gasteiger partial charge on any atom is -0.480 e. The van der Waals surface area contributed by atoms with E-state index in [0.29, 0.717) is 0 Å². The molecule has 0 fully saturated rings. The topological polar surface area (TPSA) is 95.9 Å². The lowest BCUT2D eigenvalue weighted by atomic mass is 10.3. The molecule has 0 aliphatic carbocycles. The van der Waals surface area contributed by atoms with E-state index in [9.17, 15) is 14.4 Å². The van der Waals surface area contributed by atoms with Crippen molar-refractivity contribution in [1.82, 2.24) is 10.2 Å². The van der Waals surface area contributed by atoms with Crippen LogP contribution in [-0.4, -0.2) is 53.7 Å². The summed E-state index contributed by atoms with van der Waals surface area (Å²) < 4.78 is 4.70. The highest BCUT2D eigenvalue weighted by Crippen LogP contribution is 1.98. The molecule has 0 aliphatic heterocycles. The number of hydrogen-bond acceptors (Lipinski definition) is 4. The number of nitrogens with zero attached hydrogens (tertiary/aromatic N) is 1. The van der Waals surface area contributed by atoms with Crippen LogP contribution < -0.4 is 5.32 Å². The number of aliphatic carboxylic acids is 1. The fourth-order valence-corrected chi connectivity index (χ4v) is 0.955. The SMILES string of the molecule is CCOC(=O)C(C)NC(=O)N(C)C(C)C(=O)O. The summed E-state index contributed by atoms with van der Waals surface area (Å²) in [4.78, 5) is 34.4. The quantitative estimate of drug-likeness (QED) is 0.668. The third-order valence-electron chi connectivity index (χ3n) is 2.24. The van der Waals surface area contributed by atoms with E-state index in [2.05, 4.69) is 5.32 Å². The molecule has 0 aliphatic rings. The molecule has 7 nitrogen and oxygen atoms in total. The number of hydrogen-bond donors (Lipinski definition) is 2. The number of carboxylic acid groups (broad SMARTS) is 1. The smallest absolute Gasteiger partial charge is 0.328 e. The fourth-order valence-electron chi connectivity index (χ4n) is 0.955. The average Bonchev–Trinajstić information content (AvgIpc) is 2.26. The molecule has 0 saturated heterocycles. The Morgan fingerprint density at radius 1 is 1.35 bits per heavy atom. The van der Waals surface area contributed by atoms with Gasteiger partial charge in [-0.15, -0.1) is 0 Å². The Labute approximate surface area is 99.7 Å². The molecule has 17 heavy (non-hydrogen) atoms. The van der Waals surface area contributed by atoms with E-state index in [1.54, 1.807) is 6.92 Å². The molecule has 98 valence electrons. The molecule has 2 N–H and O–H groups in total. The van der Waals surface area contributed by atoms with Gasteiger partial charge in [0.25, 0.3) is 0 Å². The summed E-state index contributed by atoms with van der Waals surface area (Å²) in [5.74, 6) is -1.68. The number of ether oxygens (including phenoxy) is 1. The Bertz CT molecular complexity index is 305. The molecule has 2 unspecified atom stereocenters. The second-order valence-corrected chi connectivity index (χ2v) is 3.55. The third-order valence-corrected chi connectivity index (χ3v) is 2.24. The molecule has 7 heteroatoms. The summed E-state index contributed by atoms with van der Waals surface area (Å²) in [5.41, 5.74) is 0. The Kier molecular flexibility index (Phi) is 6.01.